The lowest BCUT2D eigenvalue weighted by atomic mass is 10.3. The van der Waals surface area contributed by atoms with Crippen molar-refractivity contribution in [2.45, 2.75) is 20.4 Å². The van der Waals surface area contributed by atoms with Crippen LogP contribution in [0.25, 0.3) is 0 Å². The predicted molar refractivity (Wildman–Crippen MR) is 81.2 cm³/mol. The number of hydrogen-bond acceptors (Lipinski definition) is 3. The van der Waals surface area contributed by atoms with Crippen LogP contribution in [0.4, 0.5) is 5.69 Å². The molecule has 0 aliphatic rings. The number of ether oxygens (including phenoxy) is 1. The van der Waals surface area contributed by atoms with Gasteiger partial charge in [0.2, 0.25) is 5.88 Å². The van der Waals surface area contributed by atoms with Crippen molar-refractivity contribution in [2.24, 2.45) is 0 Å². The van der Waals surface area contributed by atoms with Crippen molar-refractivity contribution < 1.29 is 9.53 Å². The number of anilines is 1. The number of carbonyl (C=O) groups is 1. The summed E-state index contributed by atoms with van der Waals surface area (Å²) in [5, 5.41) is 7.06. The van der Waals surface area contributed by atoms with Crippen LogP contribution in [0, 0.1) is 0 Å². The van der Waals surface area contributed by atoms with Crippen molar-refractivity contribution in [3.8, 4) is 5.88 Å². The van der Waals surface area contributed by atoms with Crippen molar-refractivity contribution in [3.63, 3.8) is 0 Å². The molecule has 1 N–H and O–H groups in total. The number of nitrogens with one attached hydrogen (secondary N) is 1. The largest absolute Gasteiger partial charge is 0.476 e. The van der Waals surface area contributed by atoms with E-state index in [4.69, 9.17) is 4.74 Å². The van der Waals surface area contributed by atoms with Gasteiger partial charge in [-0.3, -0.25) is 9.48 Å². The molecule has 0 saturated carbocycles. The van der Waals surface area contributed by atoms with Gasteiger partial charge in [-0.2, -0.15) is 0 Å². The molecule has 20 heavy (non-hydrogen) atoms. The van der Waals surface area contributed by atoms with Crippen molar-refractivity contribution in [2.75, 3.05) is 11.9 Å². The van der Waals surface area contributed by atoms with Gasteiger partial charge < -0.3 is 10.1 Å². The Kier molecular flexibility index (Phi) is 4.79. The summed E-state index contributed by atoms with van der Waals surface area (Å²) < 4.78 is 7.99. The van der Waals surface area contributed by atoms with Crippen LogP contribution in [-0.4, -0.2) is 22.3 Å². The van der Waals surface area contributed by atoms with E-state index in [1.54, 1.807) is 10.9 Å². The van der Waals surface area contributed by atoms with E-state index < -0.39 is 0 Å². The van der Waals surface area contributed by atoms with Crippen LogP contribution >= 0.6 is 15.9 Å². The van der Waals surface area contributed by atoms with Crippen LogP contribution in [0.15, 0.2) is 34.9 Å². The molecule has 0 radical (unpaired) electrons. The Morgan fingerprint density at radius 1 is 1.45 bits per heavy atom. The fraction of sp³-hybridized carbons (Fsp3) is 0.286. The Labute approximate surface area is 126 Å². The molecule has 0 atom stereocenters. The first-order valence-corrected chi connectivity index (χ1v) is 7.20. The summed E-state index contributed by atoms with van der Waals surface area (Å²) in [6.07, 6.45) is 1.69. The van der Waals surface area contributed by atoms with Crippen LogP contribution < -0.4 is 10.1 Å². The fourth-order valence-corrected chi connectivity index (χ4v) is 2.13. The van der Waals surface area contributed by atoms with Crippen LogP contribution in [0.3, 0.4) is 0 Å². The lowest BCUT2D eigenvalue weighted by molar-refractivity contribution is 0.102. The van der Waals surface area contributed by atoms with Gasteiger partial charge >= 0.3 is 0 Å². The van der Waals surface area contributed by atoms with E-state index in [-0.39, 0.29) is 5.91 Å². The maximum Gasteiger partial charge on any atom is 0.262 e. The number of amides is 1. The van der Waals surface area contributed by atoms with E-state index >= 15 is 0 Å². The van der Waals surface area contributed by atoms with E-state index in [1.807, 2.05) is 38.1 Å². The minimum atomic E-state index is -0.230. The van der Waals surface area contributed by atoms with Gasteiger partial charge in [-0.15, -0.1) is 5.10 Å². The third-order valence-corrected chi connectivity index (χ3v) is 3.15. The third-order valence-electron chi connectivity index (χ3n) is 2.66. The lowest BCUT2D eigenvalue weighted by Crippen LogP contribution is -2.12. The lowest BCUT2D eigenvalue weighted by Gasteiger charge is -2.05. The van der Waals surface area contributed by atoms with E-state index in [9.17, 15) is 4.79 Å². The summed E-state index contributed by atoms with van der Waals surface area (Å²) in [5.74, 6) is 0.132. The zero-order valence-electron chi connectivity index (χ0n) is 11.4. The summed E-state index contributed by atoms with van der Waals surface area (Å²) in [5.41, 5.74) is 1.16. The van der Waals surface area contributed by atoms with Gasteiger partial charge in [-0.05, 0) is 32.0 Å². The van der Waals surface area contributed by atoms with Crippen LogP contribution in [0.5, 0.6) is 5.88 Å². The first-order chi connectivity index (χ1) is 9.63. The molecule has 0 unspecified atom stereocenters. The van der Waals surface area contributed by atoms with E-state index in [0.29, 0.717) is 24.6 Å². The third kappa shape index (κ3) is 3.39. The van der Waals surface area contributed by atoms with Crippen LogP contribution in [-0.2, 0) is 6.54 Å². The second-order valence-electron chi connectivity index (χ2n) is 4.10. The molecule has 0 bridgehead atoms. The second-order valence-corrected chi connectivity index (χ2v) is 5.02. The van der Waals surface area contributed by atoms with Gasteiger partial charge in [0.25, 0.3) is 5.91 Å². The molecule has 5 nitrogen and oxygen atoms in total. The Morgan fingerprint density at radius 2 is 2.25 bits per heavy atom. The van der Waals surface area contributed by atoms with Crippen LogP contribution in [0.2, 0.25) is 0 Å². The zero-order chi connectivity index (χ0) is 14.5. The number of aryl methyl sites for hydroxylation is 1. The SMILES string of the molecule is CCOc1nn(CC)cc1C(=O)Nc1cccc(Br)c1. The number of nitrogens with zero attached hydrogens (tertiary/aromatic N) is 2. The van der Waals surface area contributed by atoms with E-state index in [0.717, 1.165) is 10.2 Å². The molecular weight excluding hydrogens is 322 g/mol. The van der Waals surface area contributed by atoms with Gasteiger partial charge in [0.1, 0.15) is 5.56 Å². The molecule has 6 heteroatoms. The number of benzene rings is 1. The highest BCUT2D eigenvalue weighted by Gasteiger charge is 2.17. The molecule has 106 valence electrons. The Bertz CT molecular complexity index is 610. The Hall–Kier alpha value is -1.82. The number of hydrogen-bond donors (Lipinski definition) is 1. The first-order valence-electron chi connectivity index (χ1n) is 6.41. The van der Waals surface area contributed by atoms with Crippen molar-refractivity contribution in [3.05, 3.63) is 40.5 Å². The topological polar surface area (TPSA) is 56.2 Å². The smallest absolute Gasteiger partial charge is 0.262 e. The second kappa shape index (κ2) is 6.56. The average Bonchev–Trinajstić information content (AvgIpc) is 2.82. The highest BCUT2D eigenvalue weighted by atomic mass is 79.9. The molecule has 2 rings (SSSR count). The maximum atomic E-state index is 12.3. The zero-order valence-corrected chi connectivity index (χ0v) is 13.0. The summed E-state index contributed by atoms with van der Waals surface area (Å²) in [6.45, 7) is 4.97. The molecular formula is C14H16BrN3O2. The molecule has 1 aromatic carbocycles. The minimum Gasteiger partial charge on any atom is -0.476 e. The Balaban J connectivity index is 2.22. The fourth-order valence-electron chi connectivity index (χ4n) is 1.73. The van der Waals surface area contributed by atoms with E-state index in [2.05, 4.69) is 26.3 Å². The average molecular weight is 338 g/mol. The van der Waals surface area contributed by atoms with Gasteiger partial charge in [-0.1, -0.05) is 22.0 Å². The standard InChI is InChI=1S/C14H16BrN3O2/c1-3-18-9-12(14(17-18)20-4-2)13(19)16-11-7-5-6-10(15)8-11/h5-9H,3-4H2,1-2H3,(H,16,19). The number of rotatable bonds is 5. The highest BCUT2D eigenvalue weighted by Crippen LogP contribution is 2.20. The summed E-state index contributed by atoms with van der Waals surface area (Å²) in [4.78, 5) is 12.3. The van der Waals surface area contributed by atoms with Crippen molar-refractivity contribution >= 4 is 27.5 Å². The van der Waals surface area contributed by atoms with Crippen molar-refractivity contribution in [1.29, 1.82) is 0 Å². The maximum absolute atomic E-state index is 12.3. The minimum absolute atomic E-state index is 0.230. The van der Waals surface area contributed by atoms with Crippen LogP contribution in [0.1, 0.15) is 24.2 Å². The van der Waals surface area contributed by atoms with Gasteiger partial charge in [0, 0.05) is 22.9 Å². The number of carbonyl (C=O) groups excluding carboxylic acids is 1. The molecule has 1 heterocycles. The summed E-state index contributed by atoms with van der Waals surface area (Å²) >= 11 is 3.37. The van der Waals surface area contributed by atoms with Gasteiger partial charge in [0.15, 0.2) is 0 Å². The number of halogens is 1. The van der Waals surface area contributed by atoms with Gasteiger partial charge in [0.05, 0.1) is 6.61 Å². The molecule has 0 fully saturated rings. The molecule has 0 saturated heterocycles. The summed E-state index contributed by atoms with van der Waals surface area (Å²) in [7, 11) is 0. The molecule has 0 aliphatic heterocycles. The highest BCUT2D eigenvalue weighted by molar-refractivity contribution is 9.10. The molecule has 1 aromatic heterocycles. The summed E-state index contributed by atoms with van der Waals surface area (Å²) in [6, 6.07) is 7.42. The number of aromatic nitrogens is 2. The van der Waals surface area contributed by atoms with E-state index in [1.165, 1.54) is 0 Å². The quantitative estimate of drug-likeness (QED) is 0.910. The molecule has 1 amide bonds. The normalized spacial score (nSPS) is 10.3. The Morgan fingerprint density at radius 3 is 2.90 bits per heavy atom. The van der Waals surface area contributed by atoms with Gasteiger partial charge in [-0.25, -0.2) is 0 Å². The first kappa shape index (κ1) is 14.6. The monoisotopic (exact) mass is 337 g/mol. The molecule has 0 spiro atoms. The molecule has 0 aliphatic carbocycles. The predicted octanol–water partition coefficient (Wildman–Crippen LogP) is 3.32. The van der Waals surface area contributed by atoms with Crippen molar-refractivity contribution in [1.82, 2.24) is 9.78 Å². The molecule has 2 aromatic rings.